The van der Waals surface area contributed by atoms with E-state index in [-0.39, 0.29) is 5.41 Å². The maximum atomic E-state index is 12.1. The summed E-state index contributed by atoms with van der Waals surface area (Å²) in [5, 5.41) is 11.3. The molecule has 0 unspecified atom stereocenters. The smallest absolute Gasteiger partial charge is 0.133 e. The van der Waals surface area contributed by atoms with Gasteiger partial charge in [-0.15, -0.1) is 5.92 Å². The van der Waals surface area contributed by atoms with E-state index in [0.29, 0.717) is 34.9 Å². The Morgan fingerprint density at radius 1 is 1.08 bits per heavy atom. The maximum Gasteiger partial charge on any atom is 0.133 e. The third kappa shape index (κ3) is 2.24. The molecule has 4 aliphatic carbocycles. The number of ketones is 1. The number of hydrogen-bond donors (Lipinski definition) is 1. The van der Waals surface area contributed by atoms with Crippen molar-refractivity contribution in [2.24, 2.45) is 40.4 Å². The molecule has 25 heavy (non-hydrogen) atoms. The quantitative estimate of drug-likeness (QED) is 0.653. The summed E-state index contributed by atoms with van der Waals surface area (Å²) in [6, 6.07) is 0. The number of fused-ring (bicyclic) bond motifs is 5. The van der Waals surface area contributed by atoms with Crippen molar-refractivity contribution in [2.45, 2.75) is 84.7 Å². The van der Waals surface area contributed by atoms with Gasteiger partial charge in [-0.3, -0.25) is 4.79 Å². The highest BCUT2D eigenvalue weighted by atomic mass is 16.3. The van der Waals surface area contributed by atoms with Gasteiger partial charge in [0.05, 0.1) is 0 Å². The maximum absolute atomic E-state index is 12.1. The lowest BCUT2D eigenvalue weighted by atomic mass is 9.42. The Kier molecular flexibility index (Phi) is 3.94. The summed E-state index contributed by atoms with van der Waals surface area (Å²) in [5.74, 6) is 9.93. The molecule has 0 heterocycles. The van der Waals surface area contributed by atoms with Crippen molar-refractivity contribution in [1.29, 1.82) is 0 Å². The number of carbonyl (C=O) groups excluding carboxylic acids is 1. The first-order valence-electron chi connectivity index (χ1n) is 10.4. The Bertz CT molecular complexity index is 642. The average molecular weight is 343 g/mol. The predicted molar refractivity (Wildman–Crippen MR) is 99.7 cm³/mol. The van der Waals surface area contributed by atoms with Gasteiger partial charge < -0.3 is 5.11 Å². The lowest BCUT2D eigenvalue weighted by Gasteiger charge is -2.62. The van der Waals surface area contributed by atoms with E-state index in [1.807, 2.05) is 6.92 Å². The normalized spacial score (nSPS) is 54.8. The highest BCUT2D eigenvalue weighted by Crippen LogP contribution is 2.68. The molecule has 138 valence electrons. The van der Waals surface area contributed by atoms with Crippen molar-refractivity contribution in [3.05, 3.63) is 0 Å². The lowest BCUT2D eigenvalue weighted by Crippen LogP contribution is -2.58. The van der Waals surface area contributed by atoms with E-state index >= 15 is 0 Å². The van der Waals surface area contributed by atoms with Gasteiger partial charge in [0.1, 0.15) is 11.4 Å². The first kappa shape index (κ1) is 17.6. The summed E-state index contributed by atoms with van der Waals surface area (Å²) >= 11 is 0. The molecule has 2 nitrogen and oxygen atoms in total. The van der Waals surface area contributed by atoms with Crippen LogP contribution < -0.4 is 0 Å². The molecule has 2 heteroatoms. The second kappa shape index (κ2) is 5.59. The molecule has 0 aromatic carbocycles. The van der Waals surface area contributed by atoms with Crippen LogP contribution in [0.1, 0.15) is 79.1 Å². The molecule has 0 amide bonds. The molecular formula is C23H34O2. The van der Waals surface area contributed by atoms with Crippen molar-refractivity contribution in [2.75, 3.05) is 0 Å². The first-order valence-corrected chi connectivity index (χ1v) is 10.4. The standard InChI is InChI=1S/C23H34O2/c1-5-9-23(25)12-8-19-17-13-15(2)20-14-16(24)6-10-21(20,3)18(17)7-11-22(19,23)4/h15,17-20,25H,6-8,10-14H2,1-4H3/t15-,17+,18-,19-,20+,21+,22-,23+/m0/s1. The molecule has 4 aliphatic rings. The number of hydrogen-bond acceptors (Lipinski definition) is 2. The van der Waals surface area contributed by atoms with Crippen LogP contribution in [0.3, 0.4) is 0 Å². The van der Waals surface area contributed by atoms with Crippen molar-refractivity contribution in [3.8, 4) is 11.8 Å². The minimum absolute atomic E-state index is 0.0510. The van der Waals surface area contributed by atoms with Gasteiger partial charge in [0, 0.05) is 18.3 Å². The zero-order valence-corrected chi connectivity index (χ0v) is 16.4. The summed E-state index contributed by atoms with van der Waals surface area (Å²) < 4.78 is 0. The summed E-state index contributed by atoms with van der Waals surface area (Å²) in [6.45, 7) is 9.05. The summed E-state index contributed by atoms with van der Waals surface area (Å²) in [5.41, 5.74) is -0.514. The zero-order chi connectivity index (χ0) is 18.0. The largest absolute Gasteiger partial charge is 0.377 e. The van der Waals surface area contributed by atoms with Crippen LogP contribution >= 0.6 is 0 Å². The minimum Gasteiger partial charge on any atom is -0.377 e. The van der Waals surface area contributed by atoms with Gasteiger partial charge in [0.15, 0.2) is 0 Å². The van der Waals surface area contributed by atoms with Crippen LogP contribution in [0.15, 0.2) is 0 Å². The van der Waals surface area contributed by atoms with Gasteiger partial charge in [-0.05, 0) is 80.5 Å². The molecule has 0 aromatic rings. The summed E-state index contributed by atoms with van der Waals surface area (Å²) in [7, 11) is 0. The highest BCUT2D eigenvalue weighted by Gasteiger charge is 2.65. The van der Waals surface area contributed by atoms with Gasteiger partial charge in [-0.2, -0.15) is 0 Å². The summed E-state index contributed by atoms with van der Waals surface area (Å²) in [4.78, 5) is 12.1. The molecule has 0 radical (unpaired) electrons. The molecule has 4 rings (SSSR count). The molecular weight excluding hydrogens is 308 g/mol. The second-order valence-corrected chi connectivity index (χ2v) is 10.2. The topological polar surface area (TPSA) is 37.3 Å². The Morgan fingerprint density at radius 3 is 2.52 bits per heavy atom. The number of rotatable bonds is 0. The average Bonchev–Trinajstić information content (AvgIpc) is 2.82. The Balaban J connectivity index is 1.69. The van der Waals surface area contributed by atoms with E-state index in [4.69, 9.17) is 0 Å². The molecule has 8 atom stereocenters. The van der Waals surface area contributed by atoms with Crippen molar-refractivity contribution < 1.29 is 9.90 Å². The first-order chi connectivity index (χ1) is 11.7. The van der Waals surface area contributed by atoms with Gasteiger partial charge in [0.25, 0.3) is 0 Å². The van der Waals surface area contributed by atoms with Crippen LogP contribution in [0.25, 0.3) is 0 Å². The molecule has 0 bridgehead atoms. The van der Waals surface area contributed by atoms with Crippen LogP contribution in [0.4, 0.5) is 0 Å². The van der Waals surface area contributed by atoms with E-state index in [1.165, 1.54) is 12.8 Å². The van der Waals surface area contributed by atoms with E-state index < -0.39 is 5.60 Å². The van der Waals surface area contributed by atoms with Crippen molar-refractivity contribution in [1.82, 2.24) is 0 Å². The third-order valence-electron chi connectivity index (χ3n) is 9.34. The monoisotopic (exact) mass is 342 g/mol. The third-order valence-corrected chi connectivity index (χ3v) is 9.34. The Morgan fingerprint density at radius 2 is 1.80 bits per heavy atom. The van der Waals surface area contributed by atoms with Crippen molar-refractivity contribution >= 4 is 5.78 Å². The van der Waals surface area contributed by atoms with Gasteiger partial charge >= 0.3 is 0 Å². The second-order valence-electron chi connectivity index (χ2n) is 10.2. The van der Waals surface area contributed by atoms with Crippen LogP contribution in [0.5, 0.6) is 0 Å². The van der Waals surface area contributed by atoms with Crippen LogP contribution in [-0.2, 0) is 4.79 Å². The zero-order valence-electron chi connectivity index (χ0n) is 16.4. The lowest BCUT2D eigenvalue weighted by molar-refractivity contribution is -0.158. The fourth-order valence-electron chi connectivity index (χ4n) is 7.94. The minimum atomic E-state index is -0.791. The van der Waals surface area contributed by atoms with E-state index in [9.17, 15) is 9.90 Å². The molecule has 0 aliphatic heterocycles. The van der Waals surface area contributed by atoms with Gasteiger partial charge in [-0.25, -0.2) is 0 Å². The molecule has 0 saturated heterocycles. The van der Waals surface area contributed by atoms with Crippen molar-refractivity contribution in [3.63, 3.8) is 0 Å². The van der Waals surface area contributed by atoms with Crippen LogP contribution in [0, 0.1) is 52.3 Å². The van der Waals surface area contributed by atoms with Crippen LogP contribution in [-0.4, -0.2) is 16.5 Å². The van der Waals surface area contributed by atoms with Crippen LogP contribution in [0.2, 0.25) is 0 Å². The molecule has 0 aromatic heterocycles. The fourth-order valence-corrected chi connectivity index (χ4v) is 7.94. The predicted octanol–water partition coefficient (Wildman–Crippen LogP) is 4.60. The van der Waals surface area contributed by atoms with Gasteiger partial charge in [0.2, 0.25) is 0 Å². The Hall–Kier alpha value is -0.810. The highest BCUT2D eigenvalue weighted by molar-refractivity contribution is 5.79. The molecule has 4 fully saturated rings. The molecule has 0 spiro atoms. The van der Waals surface area contributed by atoms with E-state index in [1.54, 1.807) is 0 Å². The van der Waals surface area contributed by atoms with E-state index in [2.05, 4.69) is 32.6 Å². The summed E-state index contributed by atoms with van der Waals surface area (Å²) in [6.07, 6.45) is 8.19. The van der Waals surface area contributed by atoms with Gasteiger partial charge in [-0.1, -0.05) is 26.7 Å². The molecule has 4 saturated carbocycles. The Labute approximate surface area is 153 Å². The molecule has 1 N–H and O–H groups in total. The van der Waals surface area contributed by atoms with E-state index in [0.717, 1.165) is 44.4 Å². The number of aliphatic hydroxyl groups is 1. The number of carbonyl (C=O) groups is 1. The SMILES string of the molecule is CC#C[C@@]1(O)CC[C@H]2[C@@H]3C[C@H](C)[C@H]4CC(=O)CC[C@]4(C)[C@H]3CC[C@@]21C. The number of Topliss-reactive ketones (excluding diaryl/α,β-unsaturated/α-hetero) is 1. The fraction of sp³-hybridized carbons (Fsp3) is 0.870.